The predicted octanol–water partition coefficient (Wildman–Crippen LogP) is 1.95. The molecule has 0 aliphatic rings. The topological polar surface area (TPSA) is 47.8 Å². The maximum absolute atomic E-state index is 13.4. The van der Waals surface area contributed by atoms with E-state index < -0.39 is 10.8 Å². The molecule has 0 saturated carbocycles. The zero-order chi connectivity index (χ0) is 13.0. The Balaban J connectivity index is 1.95. The molecule has 1 heterocycles. The van der Waals surface area contributed by atoms with E-state index in [1.807, 2.05) is 0 Å². The fourth-order valence-corrected chi connectivity index (χ4v) is 2.96. The lowest BCUT2D eigenvalue weighted by atomic mass is 10.3. The van der Waals surface area contributed by atoms with Gasteiger partial charge in [0, 0.05) is 23.4 Å². The first-order valence-corrected chi connectivity index (χ1v) is 7.81. The Labute approximate surface area is 111 Å². The van der Waals surface area contributed by atoms with Gasteiger partial charge in [0.25, 0.3) is 0 Å². The van der Waals surface area contributed by atoms with Gasteiger partial charge in [-0.1, -0.05) is 12.1 Å². The van der Waals surface area contributed by atoms with E-state index in [9.17, 15) is 8.60 Å². The van der Waals surface area contributed by atoms with Gasteiger partial charge in [-0.25, -0.2) is 4.39 Å². The standard InChI is InChI=1S/C11H12FN3OS2/c1-18(16)11-14-13-8-15(11)6-7-17-10-5-3-2-4-9(10)12/h2-5,8H,6-7H2,1H3/t18-/m1/s1. The summed E-state index contributed by atoms with van der Waals surface area (Å²) in [5.74, 6) is 0.453. The van der Waals surface area contributed by atoms with E-state index in [2.05, 4.69) is 10.2 Å². The van der Waals surface area contributed by atoms with E-state index >= 15 is 0 Å². The molecule has 2 rings (SSSR count). The SMILES string of the molecule is C[S@@](=O)c1nncn1CCSc1ccccc1F. The number of hydrogen-bond donors (Lipinski definition) is 0. The second kappa shape index (κ2) is 6.10. The smallest absolute Gasteiger partial charge is 0.221 e. The lowest BCUT2D eigenvalue weighted by molar-refractivity contribution is 0.601. The van der Waals surface area contributed by atoms with Gasteiger partial charge >= 0.3 is 0 Å². The molecule has 0 aliphatic heterocycles. The van der Waals surface area contributed by atoms with Crippen LogP contribution in [0.1, 0.15) is 0 Å². The van der Waals surface area contributed by atoms with Crippen molar-refractivity contribution in [1.29, 1.82) is 0 Å². The van der Waals surface area contributed by atoms with Crippen molar-refractivity contribution in [2.45, 2.75) is 16.6 Å². The van der Waals surface area contributed by atoms with Crippen molar-refractivity contribution in [1.82, 2.24) is 14.8 Å². The Morgan fingerprint density at radius 2 is 2.22 bits per heavy atom. The Morgan fingerprint density at radius 1 is 1.44 bits per heavy atom. The van der Waals surface area contributed by atoms with E-state index in [-0.39, 0.29) is 5.82 Å². The summed E-state index contributed by atoms with van der Waals surface area (Å²) in [4.78, 5) is 0.616. The number of rotatable bonds is 5. The number of halogens is 1. The molecule has 1 aromatic heterocycles. The maximum atomic E-state index is 13.4. The van der Waals surface area contributed by atoms with Gasteiger partial charge in [0.15, 0.2) is 0 Å². The summed E-state index contributed by atoms with van der Waals surface area (Å²) in [7, 11) is -1.16. The highest BCUT2D eigenvalue weighted by Crippen LogP contribution is 2.21. The molecule has 0 amide bonds. The lowest BCUT2D eigenvalue weighted by Crippen LogP contribution is -2.06. The van der Waals surface area contributed by atoms with E-state index in [4.69, 9.17) is 0 Å². The number of thioether (sulfide) groups is 1. The van der Waals surface area contributed by atoms with Gasteiger partial charge in [-0.15, -0.1) is 22.0 Å². The summed E-state index contributed by atoms with van der Waals surface area (Å²) in [5.41, 5.74) is 0. The molecule has 96 valence electrons. The molecule has 0 unspecified atom stereocenters. The molecular weight excluding hydrogens is 273 g/mol. The number of aryl methyl sites for hydroxylation is 1. The fourth-order valence-electron chi connectivity index (χ4n) is 1.44. The predicted molar refractivity (Wildman–Crippen MR) is 69.5 cm³/mol. The molecule has 0 spiro atoms. The lowest BCUT2D eigenvalue weighted by Gasteiger charge is -2.05. The molecule has 0 N–H and O–H groups in total. The molecular formula is C11H12FN3OS2. The summed E-state index contributed by atoms with van der Waals surface area (Å²) in [5, 5.41) is 7.96. The molecule has 0 aliphatic carbocycles. The number of nitrogens with zero attached hydrogens (tertiary/aromatic N) is 3. The Morgan fingerprint density at radius 3 is 2.94 bits per heavy atom. The molecule has 1 aromatic carbocycles. The second-order valence-electron chi connectivity index (χ2n) is 3.54. The van der Waals surface area contributed by atoms with Gasteiger partial charge in [-0.3, -0.25) is 4.21 Å². The summed E-state index contributed by atoms with van der Waals surface area (Å²) >= 11 is 1.42. The van der Waals surface area contributed by atoms with E-state index in [1.165, 1.54) is 17.8 Å². The van der Waals surface area contributed by atoms with Crippen molar-refractivity contribution in [2.24, 2.45) is 0 Å². The van der Waals surface area contributed by atoms with Gasteiger partial charge < -0.3 is 4.57 Å². The highest BCUT2D eigenvalue weighted by Gasteiger charge is 2.08. The first-order chi connectivity index (χ1) is 8.68. The number of benzene rings is 1. The van der Waals surface area contributed by atoms with Crippen LogP contribution in [0.4, 0.5) is 4.39 Å². The van der Waals surface area contributed by atoms with Gasteiger partial charge in [-0.2, -0.15) is 0 Å². The van der Waals surface area contributed by atoms with Crippen molar-refractivity contribution in [3.05, 3.63) is 36.4 Å². The molecule has 0 radical (unpaired) electrons. The highest BCUT2D eigenvalue weighted by molar-refractivity contribution is 7.99. The van der Waals surface area contributed by atoms with Crippen LogP contribution < -0.4 is 0 Å². The summed E-state index contributed by atoms with van der Waals surface area (Å²) < 4.78 is 26.4. The van der Waals surface area contributed by atoms with Crippen LogP contribution in [0.2, 0.25) is 0 Å². The third-order valence-corrected chi connectivity index (χ3v) is 4.12. The van der Waals surface area contributed by atoms with Gasteiger partial charge in [0.1, 0.15) is 12.1 Å². The van der Waals surface area contributed by atoms with Crippen molar-refractivity contribution in [3.8, 4) is 0 Å². The first-order valence-electron chi connectivity index (χ1n) is 5.27. The normalized spacial score (nSPS) is 12.6. The summed E-state index contributed by atoms with van der Waals surface area (Å²) in [6.07, 6.45) is 3.10. The van der Waals surface area contributed by atoms with Crippen LogP contribution in [-0.2, 0) is 17.3 Å². The Kier molecular flexibility index (Phi) is 4.48. The van der Waals surface area contributed by atoms with Crippen molar-refractivity contribution in [2.75, 3.05) is 12.0 Å². The number of hydrogen-bond acceptors (Lipinski definition) is 4. The molecule has 18 heavy (non-hydrogen) atoms. The van der Waals surface area contributed by atoms with E-state index in [0.29, 0.717) is 22.3 Å². The van der Waals surface area contributed by atoms with Gasteiger partial charge in [0.2, 0.25) is 5.16 Å². The minimum atomic E-state index is -1.16. The van der Waals surface area contributed by atoms with Crippen molar-refractivity contribution < 1.29 is 8.60 Å². The minimum Gasteiger partial charge on any atom is -0.306 e. The molecule has 0 bridgehead atoms. The molecule has 2 aromatic rings. The molecule has 4 nitrogen and oxygen atoms in total. The third-order valence-electron chi connectivity index (χ3n) is 2.26. The van der Waals surface area contributed by atoms with Gasteiger partial charge in [-0.05, 0) is 12.1 Å². The molecule has 7 heteroatoms. The second-order valence-corrected chi connectivity index (χ2v) is 5.95. The third kappa shape index (κ3) is 3.17. The van der Waals surface area contributed by atoms with Crippen LogP contribution >= 0.6 is 11.8 Å². The van der Waals surface area contributed by atoms with E-state index in [1.54, 1.807) is 35.3 Å². The average Bonchev–Trinajstić information content (AvgIpc) is 2.80. The first kappa shape index (κ1) is 13.2. The van der Waals surface area contributed by atoms with E-state index in [0.717, 1.165) is 0 Å². The highest BCUT2D eigenvalue weighted by atomic mass is 32.2. The zero-order valence-corrected chi connectivity index (χ0v) is 11.4. The Bertz CT molecular complexity index is 559. The zero-order valence-electron chi connectivity index (χ0n) is 9.75. The molecule has 0 fully saturated rings. The largest absolute Gasteiger partial charge is 0.306 e. The monoisotopic (exact) mass is 285 g/mol. The average molecular weight is 285 g/mol. The van der Waals surface area contributed by atoms with Crippen LogP contribution in [0, 0.1) is 5.82 Å². The summed E-state index contributed by atoms with van der Waals surface area (Å²) in [6, 6.07) is 6.65. The Hall–Kier alpha value is -1.21. The van der Waals surface area contributed by atoms with Crippen LogP contribution in [0.3, 0.4) is 0 Å². The van der Waals surface area contributed by atoms with Crippen molar-refractivity contribution in [3.63, 3.8) is 0 Å². The van der Waals surface area contributed by atoms with Crippen LogP contribution in [-0.4, -0.2) is 31.0 Å². The van der Waals surface area contributed by atoms with Crippen LogP contribution in [0.25, 0.3) is 0 Å². The minimum absolute atomic E-state index is 0.217. The fraction of sp³-hybridized carbons (Fsp3) is 0.273. The molecule has 0 saturated heterocycles. The summed E-state index contributed by atoms with van der Waals surface area (Å²) in [6.45, 7) is 0.598. The maximum Gasteiger partial charge on any atom is 0.221 e. The van der Waals surface area contributed by atoms with Gasteiger partial charge in [0.05, 0.1) is 10.8 Å². The van der Waals surface area contributed by atoms with Crippen LogP contribution in [0.15, 0.2) is 40.6 Å². The number of aromatic nitrogens is 3. The molecule has 1 atom stereocenters. The quantitative estimate of drug-likeness (QED) is 0.788. The van der Waals surface area contributed by atoms with Crippen LogP contribution in [0.5, 0.6) is 0 Å². The van der Waals surface area contributed by atoms with Crippen molar-refractivity contribution >= 4 is 22.6 Å².